The fourth-order valence-electron chi connectivity index (χ4n) is 3.38. The summed E-state index contributed by atoms with van der Waals surface area (Å²) < 4.78 is 0. The lowest BCUT2D eigenvalue weighted by molar-refractivity contribution is 0.202. The van der Waals surface area contributed by atoms with E-state index in [0.29, 0.717) is 0 Å². The summed E-state index contributed by atoms with van der Waals surface area (Å²) in [6.45, 7) is 5.02. The van der Waals surface area contributed by atoms with Gasteiger partial charge in [-0.2, -0.15) is 0 Å². The van der Waals surface area contributed by atoms with Crippen molar-refractivity contribution >= 4 is 0 Å². The predicted molar refractivity (Wildman–Crippen MR) is 50.9 cm³/mol. The van der Waals surface area contributed by atoms with Crippen molar-refractivity contribution in [2.45, 2.75) is 52.4 Å². The van der Waals surface area contributed by atoms with Gasteiger partial charge in [0.25, 0.3) is 0 Å². The van der Waals surface area contributed by atoms with Gasteiger partial charge in [0.15, 0.2) is 0 Å². The van der Waals surface area contributed by atoms with Crippen LogP contribution < -0.4 is 0 Å². The van der Waals surface area contributed by atoms with E-state index in [1.807, 2.05) is 0 Å². The molecule has 0 aromatic heterocycles. The van der Waals surface area contributed by atoms with Crippen LogP contribution in [0.4, 0.5) is 0 Å². The van der Waals surface area contributed by atoms with E-state index in [1.54, 1.807) is 19.3 Å². The first kappa shape index (κ1) is 7.41. The van der Waals surface area contributed by atoms with E-state index in [1.165, 1.54) is 19.3 Å². The maximum absolute atomic E-state index is 2.52. The first-order valence-corrected chi connectivity index (χ1v) is 5.62. The molecule has 0 heterocycles. The number of rotatable bonds is 1. The van der Waals surface area contributed by atoms with Crippen LogP contribution in [0, 0.1) is 22.7 Å². The van der Waals surface area contributed by atoms with Crippen LogP contribution in [0.1, 0.15) is 52.4 Å². The van der Waals surface area contributed by atoms with Gasteiger partial charge in [0.2, 0.25) is 0 Å². The molecule has 12 heavy (non-hydrogen) atoms. The van der Waals surface area contributed by atoms with Crippen molar-refractivity contribution in [3.05, 3.63) is 0 Å². The minimum atomic E-state index is 0.809. The highest BCUT2D eigenvalue weighted by molar-refractivity contribution is 5.07. The van der Waals surface area contributed by atoms with Gasteiger partial charge in [-0.3, -0.25) is 0 Å². The third kappa shape index (κ3) is 0.900. The van der Waals surface area contributed by atoms with Gasteiger partial charge < -0.3 is 0 Å². The first-order chi connectivity index (χ1) is 5.62. The second kappa shape index (κ2) is 1.91. The molecule has 0 N–H and O–H groups in total. The second-order valence-corrected chi connectivity index (χ2v) is 6.18. The number of fused-ring (bicyclic) bond motifs is 1. The Bertz CT molecular complexity index is 214. The van der Waals surface area contributed by atoms with Gasteiger partial charge in [0.1, 0.15) is 0 Å². The Labute approximate surface area is 75.7 Å². The van der Waals surface area contributed by atoms with Crippen LogP contribution >= 0.6 is 0 Å². The van der Waals surface area contributed by atoms with E-state index in [2.05, 4.69) is 13.8 Å². The minimum Gasteiger partial charge on any atom is -0.0594 e. The molecule has 0 bridgehead atoms. The second-order valence-electron chi connectivity index (χ2n) is 6.18. The van der Waals surface area contributed by atoms with E-state index in [9.17, 15) is 0 Å². The Hall–Kier alpha value is 0. The molecular formula is C12H20. The third-order valence-electron chi connectivity index (χ3n) is 5.20. The highest BCUT2D eigenvalue weighted by Crippen LogP contribution is 2.67. The van der Waals surface area contributed by atoms with Crippen molar-refractivity contribution in [3.8, 4) is 0 Å². The highest BCUT2D eigenvalue weighted by atomic mass is 14.6. The summed E-state index contributed by atoms with van der Waals surface area (Å²) in [6.07, 6.45) is 9.27. The lowest BCUT2D eigenvalue weighted by atomic mass is 9.75. The number of hydrogen-bond donors (Lipinski definition) is 0. The molecule has 3 atom stereocenters. The van der Waals surface area contributed by atoms with Crippen LogP contribution in [0.5, 0.6) is 0 Å². The highest BCUT2D eigenvalue weighted by Gasteiger charge is 2.57. The minimum absolute atomic E-state index is 0.809. The average molecular weight is 164 g/mol. The lowest BCUT2D eigenvalue weighted by Gasteiger charge is -2.30. The Kier molecular flexibility index (Phi) is 1.18. The van der Waals surface area contributed by atoms with Crippen LogP contribution in [0.3, 0.4) is 0 Å². The Balaban J connectivity index is 1.70. The fraction of sp³-hybridized carbons (Fsp3) is 1.00. The predicted octanol–water partition coefficient (Wildman–Crippen LogP) is 3.61. The molecule has 0 heteroatoms. The number of hydrogen-bond acceptors (Lipinski definition) is 0. The van der Waals surface area contributed by atoms with Gasteiger partial charge in [-0.1, -0.05) is 13.8 Å². The molecule has 0 saturated heterocycles. The molecule has 0 aliphatic heterocycles. The molecule has 3 unspecified atom stereocenters. The summed E-state index contributed by atoms with van der Waals surface area (Å²) in [5.41, 5.74) is 1.63. The van der Waals surface area contributed by atoms with Gasteiger partial charge in [-0.15, -0.1) is 0 Å². The van der Waals surface area contributed by atoms with E-state index in [0.717, 1.165) is 22.7 Å². The first-order valence-electron chi connectivity index (χ1n) is 5.62. The van der Waals surface area contributed by atoms with Crippen molar-refractivity contribution in [1.29, 1.82) is 0 Å². The van der Waals surface area contributed by atoms with Gasteiger partial charge in [-0.25, -0.2) is 0 Å². The van der Waals surface area contributed by atoms with Crippen molar-refractivity contribution in [2.75, 3.05) is 0 Å². The largest absolute Gasteiger partial charge is 0.0594 e. The third-order valence-corrected chi connectivity index (χ3v) is 5.20. The van der Waals surface area contributed by atoms with Crippen molar-refractivity contribution < 1.29 is 0 Å². The Morgan fingerprint density at radius 3 is 2.25 bits per heavy atom. The Morgan fingerprint density at radius 1 is 0.917 bits per heavy atom. The van der Waals surface area contributed by atoms with Crippen LogP contribution in [-0.2, 0) is 0 Å². The summed E-state index contributed by atoms with van der Waals surface area (Å²) in [6, 6.07) is 0. The molecule has 0 aromatic rings. The molecule has 3 aliphatic rings. The molecule has 0 aromatic carbocycles. The zero-order valence-corrected chi connectivity index (χ0v) is 8.40. The summed E-state index contributed by atoms with van der Waals surface area (Å²) in [5, 5.41) is 0. The molecule has 68 valence electrons. The molecule has 0 amide bonds. The smallest absolute Gasteiger partial charge is 0.0294 e. The fourth-order valence-corrected chi connectivity index (χ4v) is 3.38. The molecule has 3 fully saturated rings. The van der Waals surface area contributed by atoms with Crippen molar-refractivity contribution in [1.82, 2.24) is 0 Å². The topological polar surface area (TPSA) is 0 Å². The normalized spacial score (nSPS) is 54.5. The molecule has 0 spiro atoms. The summed E-state index contributed by atoms with van der Waals surface area (Å²) in [5.74, 6) is 2.24. The van der Waals surface area contributed by atoms with E-state index in [4.69, 9.17) is 0 Å². The van der Waals surface area contributed by atoms with Crippen molar-refractivity contribution in [2.24, 2.45) is 22.7 Å². The van der Waals surface area contributed by atoms with Crippen molar-refractivity contribution in [3.63, 3.8) is 0 Å². The SMILES string of the molecule is CC1(C2CCC3(C)CC3C2)CC1. The van der Waals surface area contributed by atoms with E-state index < -0.39 is 0 Å². The monoisotopic (exact) mass is 164 g/mol. The Morgan fingerprint density at radius 2 is 1.67 bits per heavy atom. The maximum Gasteiger partial charge on any atom is -0.0294 e. The average Bonchev–Trinajstić information content (AvgIpc) is 2.86. The zero-order chi connectivity index (χ0) is 8.40. The standard InChI is InChI=1S/C12H20/c1-11(5-6-11)9-3-4-12(2)8-10(12)7-9/h9-10H,3-8H2,1-2H3. The van der Waals surface area contributed by atoms with E-state index in [-0.39, 0.29) is 0 Å². The van der Waals surface area contributed by atoms with Crippen LogP contribution in [-0.4, -0.2) is 0 Å². The summed E-state index contributed by atoms with van der Waals surface area (Å²) in [7, 11) is 0. The summed E-state index contributed by atoms with van der Waals surface area (Å²) in [4.78, 5) is 0. The molecule has 3 aliphatic carbocycles. The van der Waals surface area contributed by atoms with Gasteiger partial charge >= 0.3 is 0 Å². The van der Waals surface area contributed by atoms with Gasteiger partial charge in [0, 0.05) is 0 Å². The summed E-state index contributed by atoms with van der Waals surface area (Å²) >= 11 is 0. The van der Waals surface area contributed by atoms with Crippen LogP contribution in [0.15, 0.2) is 0 Å². The quantitative estimate of drug-likeness (QED) is 0.555. The van der Waals surface area contributed by atoms with Crippen LogP contribution in [0.2, 0.25) is 0 Å². The van der Waals surface area contributed by atoms with Gasteiger partial charge in [-0.05, 0) is 61.2 Å². The molecule has 0 nitrogen and oxygen atoms in total. The molecule has 3 saturated carbocycles. The zero-order valence-electron chi connectivity index (χ0n) is 8.40. The molecule has 0 radical (unpaired) electrons. The maximum atomic E-state index is 2.52. The van der Waals surface area contributed by atoms with E-state index >= 15 is 0 Å². The lowest BCUT2D eigenvalue weighted by Crippen LogP contribution is -2.20. The molecular weight excluding hydrogens is 144 g/mol. The van der Waals surface area contributed by atoms with Gasteiger partial charge in [0.05, 0.1) is 0 Å². The molecule has 3 rings (SSSR count). The van der Waals surface area contributed by atoms with Crippen LogP contribution in [0.25, 0.3) is 0 Å².